The first-order chi connectivity index (χ1) is 25.9. The van der Waals surface area contributed by atoms with E-state index in [1.807, 2.05) is 163 Å². The fourth-order valence-corrected chi connectivity index (χ4v) is 7.54. The highest BCUT2D eigenvalue weighted by atomic mass is 32.2. The Morgan fingerprint density at radius 3 is 1.67 bits per heavy atom. The summed E-state index contributed by atoms with van der Waals surface area (Å²) in [5, 5.41) is 0. The number of esters is 1. The van der Waals surface area contributed by atoms with E-state index in [0.717, 1.165) is 16.7 Å². The molecule has 1 N–H and O–H groups in total. The summed E-state index contributed by atoms with van der Waals surface area (Å²) < 4.78 is 56.9. The van der Waals surface area contributed by atoms with Crippen molar-refractivity contribution in [2.45, 2.75) is 108 Å². The van der Waals surface area contributed by atoms with E-state index < -0.39 is 69.5 Å². The van der Waals surface area contributed by atoms with Gasteiger partial charge in [-0.2, -0.15) is 0 Å². The van der Waals surface area contributed by atoms with Crippen LogP contribution in [-0.2, 0) is 69.6 Å². The Bertz CT molecular complexity index is 1800. The second-order valence-electron chi connectivity index (χ2n) is 16.0. The van der Waals surface area contributed by atoms with Gasteiger partial charge < -0.3 is 28.4 Å². The van der Waals surface area contributed by atoms with Crippen LogP contribution in [0.25, 0.3) is 0 Å². The molecule has 0 radical (unpaired) electrons. The highest BCUT2D eigenvalue weighted by Crippen LogP contribution is 2.47. The van der Waals surface area contributed by atoms with Crippen LogP contribution < -0.4 is 4.72 Å². The third-order valence-corrected chi connectivity index (χ3v) is 11.2. The topological polar surface area (TPSA) is 102 Å². The van der Waals surface area contributed by atoms with Gasteiger partial charge in [-0.25, -0.2) is 13.7 Å². The molecule has 2 aliphatic rings. The SMILES string of the molecule is CC(C)(C)[C@@H]1OC(=O)[C@@](c2ccccc2)([C@@H](N[S@@](=O)C(C)(C)C)[C@H]2O[C@H](COCc3ccccc3)[C@@H](OCc3ccccc3)[C@@H]2OCc2ccccc2)O1. The molecule has 4 aromatic carbocycles. The second kappa shape index (κ2) is 17.4. The van der Waals surface area contributed by atoms with Crippen LogP contribution in [0.1, 0.15) is 63.8 Å². The number of carbonyl (C=O) groups excluding carboxylic acids is 1. The maximum Gasteiger partial charge on any atom is 0.347 e. The van der Waals surface area contributed by atoms with Gasteiger partial charge in [-0.1, -0.05) is 142 Å². The van der Waals surface area contributed by atoms with Gasteiger partial charge in [-0.15, -0.1) is 0 Å². The number of nitrogens with one attached hydrogen (secondary N) is 1. The summed E-state index contributed by atoms with van der Waals surface area (Å²) in [5.74, 6) is -0.604. The van der Waals surface area contributed by atoms with Crippen molar-refractivity contribution in [2.24, 2.45) is 5.41 Å². The van der Waals surface area contributed by atoms with Crippen LogP contribution in [0, 0.1) is 5.41 Å². The molecule has 2 saturated heterocycles. The van der Waals surface area contributed by atoms with Gasteiger partial charge in [0, 0.05) is 5.41 Å². The normalized spacial score (nSPS) is 25.7. The molecule has 0 spiro atoms. The second-order valence-corrected chi connectivity index (χ2v) is 18.0. The number of carbonyl (C=O) groups is 1. The Balaban J connectivity index is 1.46. The van der Waals surface area contributed by atoms with E-state index >= 15 is 0 Å². The number of cyclic esters (lactones) is 1. The molecular weight excluding hydrogens is 703 g/mol. The molecule has 4 aromatic rings. The minimum atomic E-state index is -1.77. The maximum absolute atomic E-state index is 14.6. The smallest absolute Gasteiger partial charge is 0.347 e. The molecule has 0 unspecified atom stereocenters. The maximum atomic E-state index is 14.6. The van der Waals surface area contributed by atoms with Crippen LogP contribution in [0.5, 0.6) is 0 Å². The molecule has 2 fully saturated rings. The molecular formula is C44H53NO8S. The molecule has 0 aliphatic carbocycles. The van der Waals surface area contributed by atoms with E-state index in [4.69, 9.17) is 28.4 Å². The quantitative estimate of drug-likeness (QED) is 0.125. The highest BCUT2D eigenvalue weighted by molar-refractivity contribution is 7.84. The highest BCUT2D eigenvalue weighted by Gasteiger charge is 2.65. The Labute approximate surface area is 322 Å². The van der Waals surface area contributed by atoms with E-state index in [0.29, 0.717) is 12.2 Å². The third kappa shape index (κ3) is 9.37. The molecule has 54 heavy (non-hydrogen) atoms. The molecule has 6 rings (SSSR count). The Morgan fingerprint density at radius 2 is 1.19 bits per heavy atom. The summed E-state index contributed by atoms with van der Waals surface area (Å²) >= 11 is 0. The molecule has 0 bridgehead atoms. The summed E-state index contributed by atoms with van der Waals surface area (Å²) in [5.41, 5.74) is 1.14. The van der Waals surface area contributed by atoms with Crippen molar-refractivity contribution in [3.05, 3.63) is 144 Å². The van der Waals surface area contributed by atoms with Crippen LogP contribution in [0.3, 0.4) is 0 Å². The lowest BCUT2D eigenvalue weighted by molar-refractivity contribution is -0.171. The molecule has 2 heterocycles. The zero-order chi connectivity index (χ0) is 38.3. The van der Waals surface area contributed by atoms with E-state index in [1.54, 1.807) is 0 Å². The number of benzene rings is 4. The average molecular weight is 756 g/mol. The van der Waals surface area contributed by atoms with Crippen LogP contribution in [0.15, 0.2) is 121 Å². The van der Waals surface area contributed by atoms with Crippen molar-refractivity contribution in [1.29, 1.82) is 0 Å². The molecule has 0 amide bonds. The lowest BCUT2D eigenvalue weighted by Crippen LogP contribution is -2.63. The minimum absolute atomic E-state index is 0.166. The van der Waals surface area contributed by atoms with Gasteiger partial charge in [-0.05, 0) is 43.0 Å². The predicted octanol–water partition coefficient (Wildman–Crippen LogP) is 7.40. The lowest BCUT2D eigenvalue weighted by atomic mass is 9.82. The van der Waals surface area contributed by atoms with Crippen molar-refractivity contribution >= 4 is 17.0 Å². The van der Waals surface area contributed by atoms with Gasteiger partial charge in [0.15, 0.2) is 0 Å². The van der Waals surface area contributed by atoms with E-state index in [1.165, 1.54) is 0 Å². The summed E-state index contributed by atoms with van der Waals surface area (Å²) in [4.78, 5) is 14.6. The zero-order valence-electron chi connectivity index (χ0n) is 32.0. The van der Waals surface area contributed by atoms with Gasteiger partial charge in [0.25, 0.3) is 0 Å². The first-order valence-electron chi connectivity index (χ1n) is 18.6. The monoisotopic (exact) mass is 755 g/mol. The van der Waals surface area contributed by atoms with E-state index in [9.17, 15) is 9.00 Å². The fourth-order valence-electron chi connectivity index (χ4n) is 6.65. The number of hydrogen-bond acceptors (Lipinski definition) is 8. The van der Waals surface area contributed by atoms with Crippen LogP contribution in [0.4, 0.5) is 0 Å². The van der Waals surface area contributed by atoms with Crippen molar-refractivity contribution in [3.8, 4) is 0 Å². The van der Waals surface area contributed by atoms with Gasteiger partial charge in [0.2, 0.25) is 11.9 Å². The summed E-state index contributed by atoms with van der Waals surface area (Å²) in [6, 6.07) is 37.9. The molecule has 10 heteroatoms. The molecule has 9 nitrogen and oxygen atoms in total. The summed E-state index contributed by atoms with van der Waals surface area (Å²) in [6.07, 6.45) is -3.92. The number of ether oxygens (including phenoxy) is 6. The molecule has 0 aromatic heterocycles. The number of rotatable bonds is 15. The number of hydrogen-bond donors (Lipinski definition) is 1. The van der Waals surface area contributed by atoms with Crippen molar-refractivity contribution in [3.63, 3.8) is 0 Å². The Kier molecular flexibility index (Phi) is 12.9. The molecule has 2 aliphatic heterocycles. The van der Waals surface area contributed by atoms with Gasteiger partial charge >= 0.3 is 5.97 Å². The van der Waals surface area contributed by atoms with Gasteiger partial charge in [0.1, 0.15) is 24.4 Å². The standard InChI is InChI=1S/C44H53NO8S/c1-42(2,3)41-52-40(46)44(53-41,34-25-17-10-18-26-34)39(45-54(47)43(4,5)6)38-37(50-29-33-23-15-9-16-24-33)36(49-28-32-21-13-8-14-22-32)35(51-38)30-48-27-31-19-11-7-12-20-31/h7-26,35-39,41,45H,27-30H2,1-6H3/t35-,36-,37+,38+,39+,41-,44-,54+/m1/s1. The largest absolute Gasteiger partial charge is 0.433 e. The average Bonchev–Trinajstić information content (AvgIpc) is 3.70. The van der Waals surface area contributed by atoms with Crippen LogP contribution >= 0.6 is 0 Å². The minimum Gasteiger partial charge on any atom is -0.433 e. The Morgan fingerprint density at radius 1 is 0.704 bits per heavy atom. The van der Waals surface area contributed by atoms with Crippen molar-refractivity contribution < 1.29 is 37.4 Å². The van der Waals surface area contributed by atoms with Gasteiger partial charge in [0.05, 0.1) is 48.2 Å². The molecule has 8 atom stereocenters. The van der Waals surface area contributed by atoms with Crippen LogP contribution in [-0.4, -0.2) is 58.3 Å². The first-order valence-corrected chi connectivity index (χ1v) is 19.7. The molecule has 288 valence electrons. The van der Waals surface area contributed by atoms with Crippen LogP contribution in [0.2, 0.25) is 0 Å². The fraction of sp³-hybridized carbons (Fsp3) is 0.432. The summed E-state index contributed by atoms with van der Waals surface area (Å²) in [7, 11) is -1.69. The third-order valence-electron chi connectivity index (χ3n) is 9.59. The lowest BCUT2D eigenvalue weighted by Gasteiger charge is -2.40. The predicted molar refractivity (Wildman–Crippen MR) is 208 cm³/mol. The summed E-state index contributed by atoms with van der Waals surface area (Å²) in [6.45, 7) is 12.5. The zero-order valence-corrected chi connectivity index (χ0v) is 32.8. The van der Waals surface area contributed by atoms with E-state index in [2.05, 4.69) is 4.72 Å². The first kappa shape index (κ1) is 39.9. The van der Waals surface area contributed by atoms with Crippen molar-refractivity contribution in [1.82, 2.24) is 4.72 Å². The Hall–Kier alpha value is -3.74. The van der Waals surface area contributed by atoms with Crippen molar-refractivity contribution in [2.75, 3.05) is 6.61 Å². The molecule has 0 saturated carbocycles. The van der Waals surface area contributed by atoms with Gasteiger partial charge in [-0.3, -0.25) is 0 Å². The van der Waals surface area contributed by atoms with E-state index in [-0.39, 0.29) is 19.8 Å².